The Morgan fingerprint density at radius 2 is 1.38 bits per heavy atom. The summed E-state index contributed by atoms with van der Waals surface area (Å²) < 4.78 is 8.77. The van der Waals surface area contributed by atoms with Crippen LogP contribution in [0.25, 0.3) is 0 Å². The molecule has 0 atom stereocenters. The third kappa shape index (κ3) is 4240. The molecule has 0 aliphatic carbocycles. The van der Waals surface area contributed by atoms with E-state index < -0.39 is 7.82 Å². The summed E-state index contributed by atoms with van der Waals surface area (Å²) in [7, 11) is -4.89. The summed E-state index contributed by atoms with van der Waals surface area (Å²) >= 11 is 0. The predicted octanol–water partition coefficient (Wildman–Crippen LogP) is -2.94. The molecule has 0 aromatic heterocycles. The van der Waals surface area contributed by atoms with E-state index >= 15 is 0 Å². The SMILES string of the molecule is O.O=P([O-])(O)O.[Be+2].[OH-]. The Morgan fingerprint density at radius 1 is 1.38 bits per heavy atom. The second-order valence-corrected chi connectivity index (χ2v) is 1.47. The quantitative estimate of drug-likeness (QED) is 0.274. The zero-order valence-corrected chi connectivity index (χ0v) is 4.71. The van der Waals surface area contributed by atoms with E-state index in [1.807, 2.05) is 0 Å². The Labute approximate surface area is 49.2 Å². The molecule has 0 aromatic carbocycles. The van der Waals surface area contributed by atoms with Crippen LogP contribution < -0.4 is 4.89 Å². The normalized spacial score (nSPS) is 7.38. The van der Waals surface area contributed by atoms with E-state index in [1.54, 1.807) is 0 Å². The molecule has 8 heteroatoms. The molecule has 0 rings (SSSR count). The van der Waals surface area contributed by atoms with Gasteiger partial charge in [-0.15, -0.1) is 0 Å². The van der Waals surface area contributed by atoms with Crippen molar-refractivity contribution in [2.45, 2.75) is 0 Å². The minimum Gasteiger partial charge on any atom is -0.870 e. The van der Waals surface area contributed by atoms with Crippen LogP contribution in [-0.2, 0) is 4.57 Å². The Morgan fingerprint density at radius 3 is 1.38 bits per heavy atom. The van der Waals surface area contributed by atoms with Crippen molar-refractivity contribution >= 4 is 17.9 Å². The van der Waals surface area contributed by atoms with Gasteiger partial charge in [-0.2, -0.15) is 0 Å². The molecule has 0 amide bonds. The summed E-state index contributed by atoms with van der Waals surface area (Å²) in [4.78, 5) is 22.9. The van der Waals surface area contributed by atoms with E-state index in [4.69, 9.17) is 19.2 Å². The first-order chi connectivity index (χ1) is 2.00. The molecule has 0 bridgehead atoms. The third-order valence-corrected chi connectivity index (χ3v) is 0. The second kappa shape index (κ2) is 7.20. The molecule has 0 aliphatic heterocycles. The van der Waals surface area contributed by atoms with E-state index in [2.05, 4.69) is 0 Å². The maximum Gasteiger partial charge on any atom is 2.00 e. The van der Waals surface area contributed by atoms with E-state index in [-0.39, 0.29) is 21.1 Å². The maximum atomic E-state index is 8.77. The minimum atomic E-state index is -4.89. The summed E-state index contributed by atoms with van der Waals surface area (Å²) in [5.41, 5.74) is 0. The molecule has 0 aromatic rings. The van der Waals surface area contributed by atoms with E-state index in [1.165, 1.54) is 0 Å². The maximum absolute atomic E-state index is 8.77. The van der Waals surface area contributed by atoms with Crippen LogP contribution in [0.5, 0.6) is 0 Å². The molecule has 8 heavy (non-hydrogen) atoms. The number of hydrogen-bond acceptors (Lipinski definition) is 3. The van der Waals surface area contributed by atoms with Gasteiger partial charge in [-0.05, 0) is 0 Å². The van der Waals surface area contributed by atoms with Gasteiger partial charge in [-0.3, -0.25) is 4.57 Å². The van der Waals surface area contributed by atoms with Gasteiger partial charge < -0.3 is 25.6 Å². The zero-order valence-electron chi connectivity index (χ0n) is 3.81. The Kier molecular flexibility index (Phi) is 21.7. The Bertz CT molecular complexity index is 54.7. The van der Waals surface area contributed by atoms with Crippen LogP contribution >= 0.6 is 7.82 Å². The minimum absolute atomic E-state index is 0. The van der Waals surface area contributed by atoms with Crippen molar-refractivity contribution in [3.05, 3.63) is 0 Å². The zero-order chi connectivity index (χ0) is 4.50. The van der Waals surface area contributed by atoms with E-state index in [0.717, 1.165) is 0 Å². The molecular weight excluding hydrogens is 136 g/mol. The van der Waals surface area contributed by atoms with Crippen LogP contribution in [0, 0.1) is 0 Å². The average molecular weight is 141 g/mol. The molecule has 0 radical (unpaired) electrons. The standard InChI is InChI=1S/Be.H3O4P.2H2O/c;1-5(2,3)4;;/h;(H3,1,2,3,4);2*1H2/q+2;;;/p-2. The van der Waals surface area contributed by atoms with Crippen LogP contribution in [0.1, 0.15) is 0 Å². The average Bonchev–Trinajstić information content (AvgIpc) is 0.722. The fraction of sp³-hybridized carbons (Fsp3) is 0. The fourth-order valence-corrected chi connectivity index (χ4v) is 0. The molecule has 48 valence electrons. The molecule has 0 saturated carbocycles. The number of phosphoric acid groups is 1. The number of hydrogen-bond donors (Lipinski definition) is 2. The molecule has 6 nitrogen and oxygen atoms in total. The molecule has 5 N–H and O–H groups in total. The third-order valence-electron chi connectivity index (χ3n) is 0. The molecule has 0 fully saturated rings. The van der Waals surface area contributed by atoms with Crippen LogP contribution in [0.2, 0.25) is 0 Å². The largest absolute Gasteiger partial charge is 2.00 e. The van der Waals surface area contributed by atoms with Gasteiger partial charge in [0.2, 0.25) is 0 Å². The summed E-state index contributed by atoms with van der Waals surface area (Å²) in [6.45, 7) is 0. The van der Waals surface area contributed by atoms with Crippen LogP contribution in [0.4, 0.5) is 0 Å². The van der Waals surface area contributed by atoms with Crippen molar-refractivity contribution in [2.75, 3.05) is 0 Å². The first kappa shape index (κ1) is 24.1. The fourth-order valence-electron chi connectivity index (χ4n) is 0. The van der Waals surface area contributed by atoms with Crippen LogP contribution in [0.3, 0.4) is 0 Å². The van der Waals surface area contributed by atoms with Gasteiger partial charge in [0, 0.05) is 0 Å². The molecule has 0 spiro atoms. The van der Waals surface area contributed by atoms with Crippen LogP contribution in [0.15, 0.2) is 0 Å². The van der Waals surface area contributed by atoms with Crippen molar-refractivity contribution < 1.29 is 30.2 Å². The summed E-state index contributed by atoms with van der Waals surface area (Å²) in [6, 6.07) is 0. The first-order valence-corrected chi connectivity index (χ1v) is 2.30. The van der Waals surface area contributed by atoms with Crippen molar-refractivity contribution in [2.24, 2.45) is 0 Å². The smallest absolute Gasteiger partial charge is 0.870 e. The van der Waals surface area contributed by atoms with Crippen molar-refractivity contribution in [3.8, 4) is 0 Å². The Hall–Kier alpha value is 0.199. The van der Waals surface area contributed by atoms with Crippen molar-refractivity contribution in [1.29, 1.82) is 0 Å². The van der Waals surface area contributed by atoms with Gasteiger partial charge in [-0.25, -0.2) is 0 Å². The summed E-state index contributed by atoms with van der Waals surface area (Å²) in [6.07, 6.45) is 0. The van der Waals surface area contributed by atoms with Gasteiger partial charge in [0.1, 0.15) is 0 Å². The first-order valence-electron chi connectivity index (χ1n) is 0.765. The van der Waals surface area contributed by atoms with Gasteiger partial charge in [0.05, 0.1) is 0 Å². The van der Waals surface area contributed by atoms with Gasteiger partial charge in [-0.1, -0.05) is 0 Å². The van der Waals surface area contributed by atoms with Gasteiger partial charge in [0.25, 0.3) is 7.82 Å². The van der Waals surface area contributed by atoms with Crippen molar-refractivity contribution in [3.63, 3.8) is 0 Å². The van der Waals surface area contributed by atoms with Crippen LogP contribution in [-0.4, -0.2) is 30.9 Å². The molecule has 0 heterocycles. The Balaban J connectivity index is -0.0000000267. The molecule has 0 saturated heterocycles. The molecule has 0 aliphatic rings. The van der Waals surface area contributed by atoms with Gasteiger partial charge in [0.15, 0.2) is 0 Å². The number of rotatable bonds is 0. The van der Waals surface area contributed by atoms with Gasteiger partial charge >= 0.3 is 10.1 Å². The molecular formula is H5BeO6P. The predicted molar refractivity (Wildman–Crippen MR) is 23.3 cm³/mol. The van der Waals surface area contributed by atoms with E-state index in [9.17, 15) is 0 Å². The van der Waals surface area contributed by atoms with E-state index in [0.29, 0.717) is 0 Å². The topological polar surface area (TPSA) is 142 Å². The van der Waals surface area contributed by atoms with Crippen molar-refractivity contribution in [1.82, 2.24) is 0 Å². The summed E-state index contributed by atoms with van der Waals surface area (Å²) in [5, 5.41) is 0. The monoisotopic (exact) mass is 141 g/mol. The second-order valence-electron chi connectivity index (χ2n) is 0.491. The summed E-state index contributed by atoms with van der Waals surface area (Å²) in [5.74, 6) is 0. The molecule has 0 unspecified atom stereocenters.